The number of piperazine rings is 1. The highest BCUT2D eigenvalue weighted by molar-refractivity contribution is 5.96. The number of ether oxygens (including phenoxy) is 1. The number of benzene rings is 2. The zero-order valence-electron chi connectivity index (χ0n) is 18.0. The zero-order chi connectivity index (χ0) is 22.0. The highest BCUT2D eigenvalue weighted by atomic mass is 16.5. The Kier molecular flexibility index (Phi) is 5.75. The Balaban J connectivity index is 1.44. The van der Waals surface area contributed by atoms with Gasteiger partial charge in [0.05, 0.1) is 30.3 Å². The van der Waals surface area contributed by atoms with Crippen LogP contribution in [0.2, 0.25) is 0 Å². The molecule has 2 amide bonds. The summed E-state index contributed by atoms with van der Waals surface area (Å²) in [5.41, 5.74) is 4.06. The molecule has 7 heteroatoms. The van der Waals surface area contributed by atoms with E-state index in [1.165, 1.54) is 0 Å². The van der Waals surface area contributed by atoms with Crippen LogP contribution < -0.4 is 4.74 Å². The van der Waals surface area contributed by atoms with Crippen molar-refractivity contribution in [3.8, 4) is 11.4 Å². The number of aryl methyl sites for hydroxylation is 1. The topological polar surface area (TPSA) is 67.7 Å². The van der Waals surface area contributed by atoms with Gasteiger partial charge in [0.2, 0.25) is 0 Å². The molecule has 4 rings (SSSR count). The number of para-hydroxylation sites is 1. The van der Waals surface area contributed by atoms with Crippen LogP contribution >= 0.6 is 0 Å². The second kappa shape index (κ2) is 8.63. The number of carbonyl (C=O) groups is 2. The Bertz CT molecular complexity index is 1110. The first-order chi connectivity index (χ1) is 15.0. The number of hydrogen-bond acceptors (Lipinski definition) is 4. The maximum atomic E-state index is 13.1. The zero-order valence-corrected chi connectivity index (χ0v) is 18.0. The van der Waals surface area contributed by atoms with Gasteiger partial charge in [-0.3, -0.25) is 9.59 Å². The van der Waals surface area contributed by atoms with Crippen molar-refractivity contribution in [1.29, 1.82) is 0 Å². The number of amides is 2. The maximum absolute atomic E-state index is 13.1. The first-order valence-electron chi connectivity index (χ1n) is 10.3. The molecule has 7 nitrogen and oxygen atoms in total. The number of nitrogens with zero attached hydrogens (tertiary/aromatic N) is 4. The molecule has 1 aliphatic rings. The number of methoxy groups -OCH3 is 1. The lowest BCUT2D eigenvalue weighted by Crippen LogP contribution is -2.50. The molecule has 1 aromatic heterocycles. The van der Waals surface area contributed by atoms with Gasteiger partial charge >= 0.3 is 0 Å². The monoisotopic (exact) mass is 418 g/mol. The summed E-state index contributed by atoms with van der Waals surface area (Å²) < 4.78 is 7.02. The van der Waals surface area contributed by atoms with Crippen LogP contribution in [0.5, 0.6) is 5.75 Å². The third-order valence-electron chi connectivity index (χ3n) is 5.75. The molecule has 160 valence electrons. The summed E-state index contributed by atoms with van der Waals surface area (Å²) in [4.78, 5) is 29.5. The Morgan fingerprint density at radius 2 is 1.58 bits per heavy atom. The van der Waals surface area contributed by atoms with Crippen LogP contribution in [-0.2, 0) is 0 Å². The molecule has 31 heavy (non-hydrogen) atoms. The van der Waals surface area contributed by atoms with Crippen LogP contribution in [0.1, 0.15) is 32.0 Å². The molecule has 1 fully saturated rings. The predicted molar refractivity (Wildman–Crippen MR) is 118 cm³/mol. The molecule has 1 saturated heterocycles. The van der Waals surface area contributed by atoms with E-state index in [1.54, 1.807) is 41.3 Å². The van der Waals surface area contributed by atoms with E-state index in [9.17, 15) is 9.59 Å². The van der Waals surface area contributed by atoms with Crippen LogP contribution in [0.3, 0.4) is 0 Å². The largest absolute Gasteiger partial charge is 0.497 e. The van der Waals surface area contributed by atoms with Gasteiger partial charge in [-0.1, -0.05) is 24.3 Å². The normalized spacial score (nSPS) is 13.9. The van der Waals surface area contributed by atoms with Crippen molar-refractivity contribution in [3.63, 3.8) is 0 Å². The van der Waals surface area contributed by atoms with Gasteiger partial charge in [0.25, 0.3) is 11.8 Å². The van der Waals surface area contributed by atoms with Gasteiger partial charge in [0.15, 0.2) is 0 Å². The second-order valence-corrected chi connectivity index (χ2v) is 7.66. The smallest absolute Gasteiger partial charge is 0.257 e. The van der Waals surface area contributed by atoms with Crippen molar-refractivity contribution in [3.05, 3.63) is 77.1 Å². The van der Waals surface area contributed by atoms with Crippen LogP contribution in [0.4, 0.5) is 0 Å². The van der Waals surface area contributed by atoms with Crippen LogP contribution in [0, 0.1) is 13.8 Å². The predicted octanol–water partition coefficient (Wildman–Crippen LogP) is 3.10. The quantitative estimate of drug-likeness (QED) is 0.653. The van der Waals surface area contributed by atoms with E-state index < -0.39 is 0 Å². The standard InChI is InChI=1S/C24H26N4O3/c1-17-7-4-5-10-22(17)28-18(2)21(16-25-28)24(30)27-13-11-26(12-14-27)23(29)19-8-6-9-20(15-19)31-3/h4-10,15-16H,11-14H2,1-3H3. The fraction of sp³-hybridized carbons (Fsp3) is 0.292. The fourth-order valence-electron chi connectivity index (χ4n) is 3.89. The van der Waals surface area contributed by atoms with Crippen LogP contribution in [-0.4, -0.2) is 64.7 Å². The van der Waals surface area contributed by atoms with Gasteiger partial charge in [-0.2, -0.15) is 5.10 Å². The van der Waals surface area contributed by atoms with E-state index in [-0.39, 0.29) is 11.8 Å². The summed E-state index contributed by atoms with van der Waals surface area (Å²) in [6.07, 6.45) is 1.64. The molecule has 2 aromatic carbocycles. The fourth-order valence-corrected chi connectivity index (χ4v) is 3.89. The van der Waals surface area contributed by atoms with E-state index in [1.807, 2.05) is 48.9 Å². The summed E-state index contributed by atoms with van der Waals surface area (Å²) in [7, 11) is 1.58. The van der Waals surface area contributed by atoms with E-state index in [4.69, 9.17) is 4.74 Å². The minimum absolute atomic E-state index is 0.0467. The number of hydrogen-bond donors (Lipinski definition) is 0. The van der Waals surface area contributed by atoms with Crippen molar-refractivity contribution in [2.45, 2.75) is 13.8 Å². The molecule has 0 atom stereocenters. The van der Waals surface area contributed by atoms with Gasteiger partial charge in [0.1, 0.15) is 5.75 Å². The molecule has 2 heterocycles. The Hall–Kier alpha value is -3.61. The molecular formula is C24H26N4O3. The lowest BCUT2D eigenvalue weighted by Gasteiger charge is -2.34. The Morgan fingerprint density at radius 1 is 0.903 bits per heavy atom. The van der Waals surface area contributed by atoms with Crippen molar-refractivity contribution < 1.29 is 14.3 Å². The van der Waals surface area contributed by atoms with Gasteiger partial charge in [-0.05, 0) is 43.7 Å². The molecule has 0 spiro atoms. The van der Waals surface area contributed by atoms with Crippen LogP contribution in [0.25, 0.3) is 5.69 Å². The lowest BCUT2D eigenvalue weighted by molar-refractivity contribution is 0.0535. The van der Waals surface area contributed by atoms with Gasteiger partial charge < -0.3 is 14.5 Å². The summed E-state index contributed by atoms with van der Waals surface area (Å²) >= 11 is 0. The molecule has 3 aromatic rings. The van der Waals surface area contributed by atoms with E-state index in [0.29, 0.717) is 43.1 Å². The Morgan fingerprint density at radius 3 is 2.26 bits per heavy atom. The molecular weight excluding hydrogens is 392 g/mol. The maximum Gasteiger partial charge on any atom is 0.257 e. The molecule has 0 saturated carbocycles. The SMILES string of the molecule is COc1cccc(C(=O)N2CCN(C(=O)c3cnn(-c4ccccc4C)c3C)CC2)c1. The van der Waals surface area contributed by atoms with E-state index in [0.717, 1.165) is 16.9 Å². The Labute approximate surface area is 181 Å². The average molecular weight is 418 g/mol. The summed E-state index contributed by atoms with van der Waals surface area (Å²) in [5, 5.41) is 4.45. The minimum Gasteiger partial charge on any atom is -0.497 e. The van der Waals surface area contributed by atoms with Crippen molar-refractivity contribution in [2.75, 3.05) is 33.3 Å². The van der Waals surface area contributed by atoms with Gasteiger partial charge in [-0.25, -0.2) is 4.68 Å². The third kappa shape index (κ3) is 4.03. The molecule has 0 bridgehead atoms. The third-order valence-corrected chi connectivity index (χ3v) is 5.75. The highest BCUT2D eigenvalue weighted by Crippen LogP contribution is 2.20. The molecule has 0 aliphatic carbocycles. The molecule has 0 radical (unpaired) electrons. The number of carbonyl (C=O) groups excluding carboxylic acids is 2. The average Bonchev–Trinajstić information content (AvgIpc) is 3.19. The van der Waals surface area contributed by atoms with Crippen molar-refractivity contribution >= 4 is 11.8 Å². The summed E-state index contributed by atoms with van der Waals surface area (Å²) in [6, 6.07) is 15.1. The van der Waals surface area contributed by atoms with Crippen LogP contribution in [0.15, 0.2) is 54.7 Å². The first-order valence-corrected chi connectivity index (χ1v) is 10.3. The molecule has 0 N–H and O–H groups in total. The molecule has 0 unspecified atom stereocenters. The molecule has 1 aliphatic heterocycles. The highest BCUT2D eigenvalue weighted by Gasteiger charge is 2.27. The number of rotatable bonds is 4. The summed E-state index contributed by atoms with van der Waals surface area (Å²) in [5.74, 6) is 0.557. The van der Waals surface area contributed by atoms with E-state index >= 15 is 0 Å². The summed E-state index contributed by atoms with van der Waals surface area (Å²) in [6.45, 7) is 5.90. The second-order valence-electron chi connectivity index (χ2n) is 7.66. The first kappa shape index (κ1) is 20.7. The van der Waals surface area contributed by atoms with E-state index in [2.05, 4.69) is 5.10 Å². The van der Waals surface area contributed by atoms with Crippen molar-refractivity contribution in [2.24, 2.45) is 0 Å². The number of aromatic nitrogens is 2. The minimum atomic E-state index is -0.0502. The van der Waals surface area contributed by atoms with Crippen molar-refractivity contribution in [1.82, 2.24) is 19.6 Å². The van der Waals surface area contributed by atoms with Gasteiger partial charge in [0, 0.05) is 31.7 Å². The van der Waals surface area contributed by atoms with Gasteiger partial charge in [-0.15, -0.1) is 0 Å². The lowest BCUT2D eigenvalue weighted by atomic mass is 10.1.